The number of carbonyl (C=O) groups excluding carboxylic acids is 3. The molecule has 0 bridgehead atoms. The van der Waals surface area contributed by atoms with Crippen molar-refractivity contribution >= 4 is 35.6 Å². The zero-order valence-electron chi connectivity index (χ0n) is 41.8. The molecule has 9 heteroatoms. The number of nitrogens with one attached hydrogen (secondary N) is 1. The third-order valence-corrected chi connectivity index (χ3v) is 13.6. The molecule has 8 nitrogen and oxygen atoms in total. The maximum Gasteiger partial charge on any atom is 0.327 e. The second kappa shape index (κ2) is 49.7. The van der Waals surface area contributed by atoms with Crippen molar-refractivity contribution in [2.75, 3.05) is 18.1 Å². The maximum absolute atomic E-state index is 12.9. The number of thioether (sulfide) groups is 1. The van der Waals surface area contributed by atoms with Crippen molar-refractivity contribution in [3.8, 4) is 0 Å². The van der Waals surface area contributed by atoms with Crippen molar-refractivity contribution < 1.29 is 33.8 Å². The minimum absolute atomic E-state index is 0.0439. The molecule has 0 saturated heterocycles. The van der Waals surface area contributed by atoms with Gasteiger partial charge in [-0.3, -0.25) is 14.4 Å². The number of carboxylic acid groups (broad SMARTS) is 1. The molecule has 0 aromatic rings. The Morgan fingerprint density at radius 3 is 1.05 bits per heavy atom. The number of carbonyl (C=O) groups is 4. The summed E-state index contributed by atoms with van der Waals surface area (Å²) < 4.78 is 11.4. The molecule has 0 saturated carbocycles. The molecule has 0 aliphatic heterocycles. The Morgan fingerprint density at radius 1 is 0.413 bits per heavy atom. The van der Waals surface area contributed by atoms with Crippen molar-refractivity contribution in [2.24, 2.45) is 0 Å². The van der Waals surface area contributed by atoms with Crippen LogP contribution in [0.25, 0.3) is 0 Å². The number of hydrogen-bond donors (Lipinski definition) is 2. The molecule has 372 valence electrons. The zero-order valence-corrected chi connectivity index (χ0v) is 42.6. The molecule has 0 rings (SSSR count). The van der Waals surface area contributed by atoms with Crippen LogP contribution in [0.1, 0.15) is 290 Å². The summed E-state index contributed by atoms with van der Waals surface area (Å²) in [5.74, 6) is -1.49. The molecule has 0 aliphatic carbocycles. The Balaban J connectivity index is 4.59. The van der Waals surface area contributed by atoms with E-state index < -0.39 is 18.1 Å². The van der Waals surface area contributed by atoms with Gasteiger partial charge in [-0.1, -0.05) is 252 Å². The number of ether oxygens (including phenoxy) is 2. The molecule has 1 amide bonds. The van der Waals surface area contributed by atoms with Gasteiger partial charge in [0.05, 0.1) is 0 Å². The maximum atomic E-state index is 12.9. The number of amides is 1. The van der Waals surface area contributed by atoms with Gasteiger partial charge in [-0.25, -0.2) is 4.79 Å². The minimum atomic E-state index is -1.08. The minimum Gasteiger partial charge on any atom is -0.480 e. The third-order valence-electron chi connectivity index (χ3n) is 12.4. The van der Waals surface area contributed by atoms with E-state index >= 15 is 0 Å². The lowest BCUT2D eigenvalue weighted by Crippen LogP contribution is -2.42. The number of hydrogen-bond acceptors (Lipinski definition) is 7. The molecule has 0 radical (unpaired) electrons. The Labute approximate surface area is 393 Å². The summed E-state index contributed by atoms with van der Waals surface area (Å²) in [6.07, 6.45) is 48.4. The fourth-order valence-electron chi connectivity index (χ4n) is 8.26. The van der Waals surface area contributed by atoms with Crippen LogP contribution < -0.4 is 5.32 Å². The van der Waals surface area contributed by atoms with Gasteiger partial charge in [0, 0.05) is 30.8 Å². The molecule has 0 aromatic carbocycles. The van der Waals surface area contributed by atoms with E-state index in [0.717, 1.165) is 57.8 Å². The van der Waals surface area contributed by atoms with Crippen molar-refractivity contribution in [1.82, 2.24) is 5.32 Å². The van der Waals surface area contributed by atoms with Gasteiger partial charge in [0.2, 0.25) is 5.91 Å². The first-order chi connectivity index (χ1) is 30.8. The molecule has 0 heterocycles. The van der Waals surface area contributed by atoms with E-state index in [-0.39, 0.29) is 36.0 Å². The normalized spacial score (nSPS) is 12.3. The van der Waals surface area contributed by atoms with E-state index in [0.29, 0.717) is 19.3 Å². The monoisotopic (exact) mass is 910 g/mol. The first-order valence-corrected chi connectivity index (χ1v) is 28.4. The smallest absolute Gasteiger partial charge is 0.327 e. The van der Waals surface area contributed by atoms with Gasteiger partial charge in [0.1, 0.15) is 18.8 Å². The summed E-state index contributed by atoms with van der Waals surface area (Å²) in [6.45, 7) is 6.72. The summed E-state index contributed by atoms with van der Waals surface area (Å²) in [7, 11) is 0. The average molecular weight is 910 g/mol. The highest BCUT2D eigenvalue weighted by Gasteiger charge is 2.23. The van der Waals surface area contributed by atoms with E-state index in [1.54, 1.807) is 0 Å². The van der Waals surface area contributed by atoms with E-state index in [4.69, 9.17) is 9.47 Å². The van der Waals surface area contributed by atoms with Crippen LogP contribution in [0, 0.1) is 0 Å². The van der Waals surface area contributed by atoms with Crippen LogP contribution in [0.2, 0.25) is 0 Å². The fourth-order valence-corrected chi connectivity index (χ4v) is 9.28. The molecule has 1 unspecified atom stereocenters. The Bertz CT molecular complexity index is 1030. The van der Waals surface area contributed by atoms with E-state index in [9.17, 15) is 24.3 Å². The summed E-state index contributed by atoms with van der Waals surface area (Å²) in [5, 5.41) is 12.6. The lowest BCUT2D eigenvalue weighted by Gasteiger charge is -2.19. The highest BCUT2D eigenvalue weighted by molar-refractivity contribution is 7.99. The predicted octanol–water partition coefficient (Wildman–Crippen LogP) is 16.2. The number of carboxylic acids is 1. The number of aliphatic carboxylic acids is 1. The Kier molecular flexibility index (Phi) is 48.3. The van der Waals surface area contributed by atoms with E-state index in [1.165, 1.54) is 204 Å². The second-order valence-corrected chi connectivity index (χ2v) is 19.8. The molecular formula is C54H103NO7S. The molecule has 2 atom stereocenters. The summed E-state index contributed by atoms with van der Waals surface area (Å²) >= 11 is 1.30. The highest BCUT2D eigenvalue weighted by Crippen LogP contribution is 2.18. The quantitative estimate of drug-likeness (QED) is 0.0457. The molecule has 2 N–H and O–H groups in total. The number of rotatable bonds is 51. The van der Waals surface area contributed by atoms with Gasteiger partial charge in [0.25, 0.3) is 0 Å². The van der Waals surface area contributed by atoms with Crippen molar-refractivity contribution in [2.45, 2.75) is 303 Å². The van der Waals surface area contributed by atoms with Crippen molar-refractivity contribution in [3.05, 3.63) is 0 Å². The van der Waals surface area contributed by atoms with Crippen molar-refractivity contribution in [1.29, 1.82) is 0 Å². The van der Waals surface area contributed by atoms with E-state index in [1.807, 2.05) is 0 Å². The third kappa shape index (κ3) is 46.6. The summed E-state index contributed by atoms with van der Waals surface area (Å²) in [5.41, 5.74) is 0. The van der Waals surface area contributed by atoms with Crippen LogP contribution in [-0.2, 0) is 28.7 Å². The van der Waals surface area contributed by atoms with Crippen LogP contribution in [0.5, 0.6) is 0 Å². The standard InChI is InChI=1S/C54H103NO7S/c1-4-7-10-13-16-19-22-25-28-31-34-37-40-43-51(56)55-50(54(59)60)48-63-47-49(62-53(58)45-42-39-36-33-30-27-24-21-18-15-12-9-6-3)46-61-52(57)44-41-38-35-32-29-26-23-20-17-14-11-8-5-2/h49-50H,4-48H2,1-3H3,(H,55,56)(H,59,60)/t49?,50-/m1/s1. The van der Waals surface area contributed by atoms with Gasteiger partial charge in [-0.2, -0.15) is 11.8 Å². The molecule has 0 fully saturated rings. The average Bonchev–Trinajstić information content (AvgIpc) is 3.27. The first-order valence-electron chi connectivity index (χ1n) is 27.3. The SMILES string of the molecule is CCCCCCCCCCCCCCCC(=O)N[C@H](CSCC(COC(=O)CCCCCCCCCCCCCCC)OC(=O)CCCCCCCCCCCCCCC)C(=O)O. The van der Waals surface area contributed by atoms with Crippen LogP contribution in [0.4, 0.5) is 0 Å². The van der Waals surface area contributed by atoms with Gasteiger partial charge in [0.15, 0.2) is 0 Å². The van der Waals surface area contributed by atoms with Gasteiger partial charge < -0.3 is 19.9 Å². The van der Waals surface area contributed by atoms with Gasteiger partial charge >= 0.3 is 17.9 Å². The second-order valence-electron chi connectivity index (χ2n) is 18.8. The fraction of sp³-hybridized carbons (Fsp3) is 0.926. The predicted molar refractivity (Wildman–Crippen MR) is 269 cm³/mol. The van der Waals surface area contributed by atoms with Crippen LogP contribution in [-0.4, -0.2) is 59.2 Å². The van der Waals surface area contributed by atoms with Crippen LogP contribution >= 0.6 is 11.8 Å². The van der Waals surface area contributed by atoms with E-state index in [2.05, 4.69) is 26.1 Å². The van der Waals surface area contributed by atoms with Crippen molar-refractivity contribution in [3.63, 3.8) is 0 Å². The molecule has 63 heavy (non-hydrogen) atoms. The van der Waals surface area contributed by atoms with Gasteiger partial charge in [-0.05, 0) is 19.3 Å². The topological polar surface area (TPSA) is 119 Å². The van der Waals surface area contributed by atoms with Gasteiger partial charge in [-0.15, -0.1) is 0 Å². The number of unbranched alkanes of at least 4 members (excludes halogenated alkanes) is 36. The molecule has 0 spiro atoms. The van der Waals surface area contributed by atoms with Crippen LogP contribution in [0.15, 0.2) is 0 Å². The first kappa shape index (κ1) is 61.2. The van der Waals surface area contributed by atoms with Crippen LogP contribution in [0.3, 0.4) is 0 Å². The lowest BCUT2D eigenvalue weighted by atomic mass is 10.0. The lowest BCUT2D eigenvalue weighted by molar-refractivity contribution is -0.157. The highest BCUT2D eigenvalue weighted by atomic mass is 32.2. The summed E-state index contributed by atoms with van der Waals surface area (Å²) in [6, 6.07) is -1.04. The molecular weight excluding hydrogens is 807 g/mol. The largest absolute Gasteiger partial charge is 0.480 e. The Morgan fingerprint density at radius 2 is 0.714 bits per heavy atom. The summed E-state index contributed by atoms with van der Waals surface area (Å²) in [4.78, 5) is 50.3. The Hall–Kier alpha value is -1.77. The molecule has 0 aliphatic rings. The number of esters is 2. The zero-order chi connectivity index (χ0) is 46.1. The molecule has 0 aromatic heterocycles.